The third kappa shape index (κ3) is 4.38. The molecular weight excluding hydrogens is 300 g/mol. The summed E-state index contributed by atoms with van der Waals surface area (Å²) < 4.78 is 37.1. The molecule has 1 fully saturated rings. The van der Waals surface area contributed by atoms with Gasteiger partial charge in [0.15, 0.2) is 0 Å². The number of nitrogens with zero attached hydrogens (tertiary/aromatic N) is 1. The Labute approximate surface area is 128 Å². The van der Waals surface area contributed by atoms with E-state index in [0.29, 0.717) is 19.2 Å². The van der Waals surface area contributed by atoms with Crippen LogP contribution in [0.15, 0.2) is 0 Å². The molecule has 1 rings (SSSR count). The van der Waals surface area contributed by atoms with Crippen LogP contribution in [0, 0.1) is 11.8 Å². The molecule has 0 aliphatic carbocycles. The number of carbonyl (C=O) groups excluding carboxylic acids is 1. The topological polar surface area (TPSA) is 83.6 Å². The number of carboxylic acids is 1. The fourth-order valence-corrected chi connectivity index (χ4v) is 2.81. The van der Waals surface area contributed by atoms with Crippen LogP contribution in [-0.2, 0) is 9.59 Å². The van der Waals surface area contributed by atoms with Crippen LogP contribution >= 0.6 is 0 Å². The van der Waals surface area contributed by atoms with Gasteiger partial charge in [-0.25, -0.2) is 0 Å². The van der Waals surface area contributed by atoms with Crippen molar-refractivity contribution < 1.29 is 27.9 Å². The molecule has 0 aromatic carbocycles. The van der Waals surface area contributed by atoms with Gasteiger partial charge in [-0.05, 0) is 6.42 Å². The van der Waals surface area contributed by atoms with Gasteiger partial charge in [0.05, 0.1) is 14.3 Å². The SMILES string of the molecule is [B]CCC[C@H]1CN(C(=O)C(C)CC(F)(F)F)C[C@@]1(N)C(=O)O. The summed E-state index contributed by atoms with van der Waals surface area (Å²) in [5.41, 5.74) is 4.25. The van der Waals surface area contributed by atoms with Gasteiger partial charge in [-0.3, -0.25) is 9.59 Å². The van der Waals surface area contributed by atoms with Crippen LogP contribution in [0.4, 0.5) is 13.2 Å². The number of alkyl halides is 3. The molecule has 124 valence electrons. The zero-order chi connectivity index (χ0) is 17.1. The Balaban J connectivity index is 2.81. The van der Waals surface area contributed by atoms with Gasteiger partial charge < -0.3 is 15.7 Å². The van der Waals surface area contributed by atoms with Crippen LogP contribution in [-0.4, -0.2) is 54.5 Å². The van der Waals surface area contributed by atoms with Gasteiger partial charge in [-0.2, -0.15) is 13.2 Å². The Kier molecular flexibility index (Phi) is 5.89. The van der Waals surface area contributed by atoms with Crippen molar-refractivity contribution in [2.75, 3.05) is 13.1 Å². The first kappa shape index (κ1) is 18.8. The second-order valence-electron chi connectivity index (χ2n) is 5.91. The van der Waals surface area contributed by atoms with E-state index < -0.39 is 41.8 Å². The van der Waals surface area contributed by atoms with E-state index >= 15 is 0 Å². The fourth-order valence-electron chi connectivity index (χ4n) is 2.81. The first-order valence-corrected chi connectivity index (χ1v) is 7.09. The van der Waals surface area contributed by atoms with Crippen molar-refractivity contribution in [1.82, 2.24) is 4.90 Å². The largest absolute Gasteiger partial charge is 0.480 e. The van der Waals surface area contributed by atoms with Crippen molar-refractivity contribution in [2.24, 2.45) is 17.6 Å². The summed E-state index contributed by atoms with van der Waals surface area (Å²) in [4.78, 5) is 24.6. The zero-order valence-electron chi connectivity index (χ0n) is 12.4. The molecule has 9 heteroatoms. The molecule has 1 heterocycles. The van der Waals surface area contributed by atoms with Gasteiger partial charge in [0.1, 0.15) is 5.54 Å². The van der Waals surface area contributed by atoms with Crippen LogP contribution in [0.2, 0.25) is 6.32 Å². The lowest BCUT2D eigenvalue weighted by Crippen LogP contribution is -2.55. The Morgan fingerprint density at radius 1 is 1.50 bits per heavy atom. The number of nitrogens with two attached hydrogens (primary N) is 1. The lowest BCUT2D eigenvalue weighted by Gasteiger charge is -2.25. The van der Waals surface area contributed by atoms with Gasteiger partial charge in [0, 0.05) is 24.9 Å². The first-order valence-electron chi connectivity index (χ1n) is 7.09. The highest BCUT2D eigenvalue weighted by Crippen LogP contribution is 2.33. The zero-order valence-corrected chi connectivity index (χ0v) is 12.4. The van der Waals surface area contributed by atoms with E-state index in [4.69, 9.17) is 13.6 Å². The van der Waals surface area contributed by atoms with Crippen LogP contribution < -0.4 is 5.73 Å². The lowest BCUT2D eigenvalue weighted by atomic mass is 9.83. The van der Waals surface area contributed by atoms with Crippen molar-refractivity contribution in [3.05, 3.63) is 0 Å². The maximum absolute atomic E-state index is 12.4. The molecule has 1 amide bonds. The second kappa shape index (κ2) is 6.89. The minimum absolute atomic E-state index is 0.0455. The average molecular weight is 320 g/mol. The molecule has 1 unspecified atom stereocenters. The summed E-state index contributed by atoms with van der Waals surface area (Å²) in [5.74, 6) is -3.75. The molecule has 3 atom stereocenters. The Morgan fingerprint density at radius 3 is 2.55 bits per heavy atom. The van der Waals surface area contributed by atoms with Crippen LogP contribution in [0.5, 0.6) is 0 Å². The summed E-state index contributed by atoms with van der Waals surface area (Å²) in [5, 5.41) is 9.29. The Morgan fingerprint density at radius 2 is 2.09 bits per heavy atom. The maximum Gasteiger partial charge on any atom is 0.389 e. The predicted molar refractivity (Wildman–Crippen MR) is 74.3 cm³/mol. The van der Waals surface area contributed by atoms with Gasteiger partial charge in [-0.15, -0.1) is 0 Å². The molecule has 0 aromatic rings. The van der Waals surface area contributed by atoms with Crippen molar-refractivity contribution in [3.63, 3.8) is 0 Å². The average Bonchev–Trinajstić information content (AvgIpc) is 2.72. The van der Waals surface area contributed by atoms with Gasteiger partial charge >= 0.3 is 12.1 Å². The number of rotatable bonds is 6. The van der Waals surface area contributed by atoms with E-state index in [9.17, 15) is 27.9 Å². The molecule has 2 radical (unpaired) electrons. The highest BCUT2D eigenvalue weighted by Gasteiger charge is 2.51. The molecular formula is C13H20BF3N2O3. The molecule has 0 bridgehead atoms. The van der Waals surface area contributed by atoms with Crippen molar-refractivity contribution >= 4 is 19.7 Å². The minimum Gasteiger partial charge on any atom is -0.480 e. The molecule has 1 saturated heterocycles. The van der Waals surface area contributed by atoms with E-state index in [1.54, 1.807) is 0 Å². The van der Waals surface area contributed by atoms with Crippen LogP contribution in [0.3, 0.4) is 0 Å². The summed E-state index contributed by atoms with van der Waals surface area (Å²) in [7, 11) is 5.39. The third-order valence-corrected chi connectivity index (χ3v) is 4.05. The summed E-state index contributed by atoms with van der Waals surface area (Å²) in [6.07, 6.45) is -4.38. The molecule has 1 aliphatic rings. The number of hydrogen-bond donors (Lipinski definition) is 2. The minimum atomic E-state index is -4.44. The molecule has 0 aromatic heterocycles. The molecule has 1 aliphatic heterocycles. The highest BCUT2D eigenvalue weighted by molar-refractivity contribution is 6.08. The fraction of sp³-hybridized carbons (Fsp3) is 0.846. The summed E-state index contributed by atoms with van der Waals surface area (Å²) in [6.45, 7) is 0.949. The van der Waals surface area contributed by atoms with E-state index in [-0.39, 0.29) is 13.1 Å². The van der Waals surface area contributed by atoms with Gasteiger partial charge in [0.25, 0.3) is 0 Å². The normalized spacial score (nSPS) is 27.0. The standard InChI is InChI=1S/C13H20BF3N2O3/c1-8(5-13(15,16)17)10(20)19-6-9(3-2-4-14)12(18,7-19)11(21)22/h8-9H,2-7,18H2,1H3,(H,21,22)/t8?,9-,12-/m0/s1. The number of amides is 1. The quantitative estimate of drug-likeness (QED) is 0.720. The Bertz CT molecular complexity index is 433. The highest BCUT2D eigenvalue weighted by atomic mass is 19.4. The number of halogens is 3. The molecule has 22 heavy (non-hydrogen) atoms. The number of carbonyl (C=O) groups is 2. The predicted octanol–water partition coefficient (Wildman–Crippen LogP) is 1.18. The monoisotopic (exact) mass is 320 g/mol. The van der Waals surface area contributed by atoms with E-state index in [1.165, 1.54) is 6.92 Å². The van der Waals surface area contributed by atoms with Crippen molar-refractivity contribution in [2.45, 2.75) is 44.2 Å². The van der Waals surface area contributed by atoms with Crippen molar-refractivity contribution in [3.8, 4) is 0 Å². The third-order valence-electron chi connectivity index (χ3n) is 4.05. The molecule has 0 spiro atoms. The van der Waals surface area contributed by atoms with Gasteiger partial charge in [-0.1, -0.05) is 19.7 Å². The van der Waals surface area contributed by atoms with Gasteiger partial charge in [0.2, 0.25) is 5.91 Å². The van der Waals surface area contributed by atoms with Crippen LogP contribution in [0.25, 0.3) is 0 Å². The summed E-state index contributed by atoms with van der Waals surface area (Å²) >= 11 is 0. The Hall–Kier alpha value is -1.25. The van der Waals surface area contributed by atoms with E-state index in [0.717, 1.165) is 4.90 Å². The number of aliphatic carboxylic acids is 1. The van der Waals surface area contributed by atoms with E-state index in [1.807, 2.05) is 0 Å². The summed E-state index contributed by atoms with van der Waals surface area (Å²) in [6, 6.07) is 0. The number of hydrogen-bond acceptors (Lipinski definition) is 3. The molecule has 0 saturated carbocycles. The van der Waals surface area contributed by atoms with E-state index in [2.05, 4.69) is 0 Å². The van der Waals surface area contributed by atoms with Crippen molar-refractivity contribution in [1.29, 1.82) is 0 Å². The maximum atomic E-state index is 12.4. The number of carboxylic acid groups (broad SMARTS) is 1. The molecule has 5 nitrogen and oxygen atoms in total. The molecule has 3 N–H and O–H groups in total. The first-order chi connectivity index (χ1) is 10.0. The van der Waals surface area contributed by atoms with Crippen LogP contribution in [0.1, 0.15) is 26.2 Å². The second-order valence-corrected chi connectivity index (χ2v) is 5.91. The number of likely N-dealkylation sites (tertiary alicyclic amines) is 1. The smallest absolute Gasteiger partial charge is 0.389 e. The lowest BCUT2D eigenvalue weighted by molar-refractivity contribution is -0.158.